The molecule has 1 N–H and O–H groups in total. The number of nitrogens with one attached hydrogen (secondary N) is 1. The Balaban J connectivity index is 1.82. The van der Waals surface area contributed by atoms with E-state index < -0.39 is 0 Å². The molecule has 4 nitrogen and oxygen atoms in total. The van der Waals surface area contributed by atoms with Gasteiger partial charge in [0, 0.05) is 4.88 Å². The summed E-state index contributed by atoms with van der Waals surface area (Å²) in [4.78, 5) is 12.6. The molecule has 0 radical (unpaired) electrons. The van der Waals surface area contributed by atoms with Crippen LogP contribution in [0, 0.1) is 13.8 Å². The molecule has 0 aliphatic heterocycles. The quantitative estimate of drug-likeness (QED) is 0.679. The Morgan fingerprint density at radius 1 is 1.40 bits per heavy atom. The van der Waals surface area contributed by atoms with Crippen LogP contribution in [-0.2, 0) is 4.79 Å². The second-order valence-corrected chi connectivity index (χ2v) is 5.35. The van der Waals surface area contributed by atoms with Crippen LogP contribution in [0.25, 0.3) is 0 Å². The van der Waals surface area contributed by atoms with Crippen molar-refractivity contribution in [3.63, 3.8) is 0 Å². The summed E-state index contributed by atoms with van der Waals surface area (Å²) in [6.45, 7) is 3.88. The third kappa shape index (κ3) is 4.20. The smallest absolute Gasteiger partial charge is 0.277 e. The number of carbonyl (C=O) groups is 1. The van der Waals surface area contributed by atoms with E-state index in [1.165, 1.54) is 0 Å². The van der Waals surface area contributed by atoms with Crippen LogP contribution < -0.4 is 10.2 Å². The number of ether oxygens (including phenoxy) is 1. The topological polar surface area (TPSA) is 50.7 Å². The number of nitrogens with zero attached hydrogens (tertiary/aromatic N) is 1. The first-order valence-corrected chi connectivity index (χ1v) is 7.08. The van der Waals surface area contributed by atoms with Crippen molar-refractivity contribution in [3.05, 3.63) is 51.7 Å². The van der Waals surface area contributed by atoms with Gasteiger partial charge in [0.1, 0.15) is 5.75 Å². The Morgan fingerprint density at radius 3 is 3.00 bits per heavy atom. The van der Waals surface area contributed by atoms with Crippen LogP contribution in [0.3, 0.4) is 0 Å². The molecular formula is C15H16N2O2S. The van der Waals surface area contributed by atoms with Gasteiger partial charge < -0.3 is 4.74 Å². The maximum Gasteiger partial charge on any atom is 0.277 e. The zero-order valence-electron chi connectivity index (χ0n) is 11.4. The van der Waals surface area contributed by atoms with E-state index in [0.717, 1.165) is 21.8 Å². The van der Waals surface area contributed by atoms with Crippen molar-refractivity contribution in [2.75, 3.05) is 6.61 Å². The van der Waals surface area contributed by atoms with E-state index in [0.29, 0.717) is 0 Å². The lowest BCUT2D eigenvalue weighted by Gasteiger charge is -2.08. The van der Waals surface area contributed by atoms with Gasteiger partial charge in [-0.2, -0.15) is 5.10 Å². The molecular weight excluding hydrogens is 272 g/mol. The van der Waals surface area contributed by atoms with Crippen LogP contribution in [0.5, 0.6) is 5.75 Å². The van der Waals surface area contributed by atoms with Gasteiger partial charge in [0.05, 0.1) is 6.21 Å². The van der Waals surface area contributed by atoms with E-state index in [2.05, 4.69) is 10.5 Å². The van der Waals surface area contributed by atoms with E-state index in [4.69, 9.17) is 4.74 Å². The van der Waals surface area contributed by atoms with Gasteiger partial charge in [0.15, 0.2) is 6.61 Å². The zero-order valence-corrected chi connectivity index (χ0v) is 12.2. The normalized spacial score (nSPS) is 10.7. The number of rotatable bonds is 5. The lowest BCUT2D eigenvalue weighted by Crippen LogP contribution is -2.24. The van der Waals surface area contributed by atoms with Gasteiger partial charge in [-0.3, -0.25) is 4.79 Å². The number of benzene rings is 1. The fraction of sp³-hybridized carbons (Fsp3) is 0.200. The molecule has 1 amide bonds. The summed E-state index contributed by atoms with van der Waals surface area (Å²) < 4.78 is 5.48. The second-order valence-electron chi connectivity index (χ2n) is 4.37. The molecule has 20 heavy (non-hydrogen) atoms. The van der Waals surface area contributed by atoms with Crippen LogP contribution in [0.2, 0.25) is 0 Å². The average Bonchev–Trinajstić information content (AvgIpc) is 2.93. The van der Waals surface area contributed by atoms with Crippen LogP contribution in [0.15, 0.2) is 40.8 Å². The standard InChI is InChI=1S/C15H16N2O2S/c1-11-5-6-12(2)14(8-11)19-10-15(18)17-16-9-13-4-3-7-20-13/h3-9H,10H2,1-2H3,(H,17,18). The van der Waals surface area contributed by atoms with Gasteiger partial charge in [-0.05, 0) is 42.5 Å². The average molecular weight is 288 g/mol. The number of hydrazone groups is 1. The summed E-state index contributed by atoms with van der Waals surface area (Å²) in [5.74, 6) is 0.445. The second kappa shape index (κ2) is 6.86. The highest BCUT2D eigenvalue weighted by atomic mass is 32.1. The molecule has 2 aromatic rings. The molecule has 2 rings (SSSR count). The lowest BCUT2D eigenvalue weighted by molar-refractivity contribution is -0.123. The van der Waals surface area contributed by atoms with Crippen LogP contribution in [0.1, 0.15) is 16.0 Å². The Labute approximate surface area is 122 Å². The van der Waals surface area contributed by atoms with Crippen molar-refractivity contribution in [3.8, 4) is 5.75 Å². The van der Waals surface area contributed by atoms with Gasteiger partial charge >= 0.3 is 0 Å². The predicted molar refractivity (Wildman–Crippen MR) is 81.5 cm³/mol. The molecule has 0 bridgehead atoms. The monoisotopic (exact) mass is 288 g/mol. The fourth-order valence-electron chi connectivity index (χ4n) is 1.57. The molecule has 0 saturated heterocycles. The maximum atomic E-state index is 11.6. The lowest BCUT2D eigenvalue weighted by atomic mass is 10.1. The number of hydrogen-bond donors (Lipinski definition) is 1. The van der Waals surface area contributed by atoms with Crippen molar-refractivity contribution in [2.45, 2.75) is 13.8 Å². The third-order valence-electron chi connectivity index (χ3n) is 2.63. The summed E-state index contributed by atoms with van der Waals surface area (Å²) in [6.07, 6.45) is 1.61. The predicted octanol–water partition coefficient (Wildman–Crippen LogP) is 2.89. The summed E-state index contributed by atoms with van der Waals surface area (Å²) in [5, 5.41) is 5.82. The number of amides is 1. The van der Waals surface area contributed by atoms with E-state index in [-0.39, 0.29) is 12.5 Å². The number of hydrogen-bond acceptors (Lipinski definition) is 4. The molecule has 0 fully saturated rings. The van der Waals surface area contributed by atoms with Crippen molar-refractivity contribution in [1.82, 2.24) is 5.43 Å². The van der Waals surface area contributed by atoms with Crippen LogP contribution in [-0.4, -0.2) is 18.7 Å². The summed E-state index contributed by atoms with van der Waals surface area (Å²) in [6, 6.07) is 9.74. The Hall–Kier alpha value is -2.14. The van der Waals surface area contributed by atoms with Gasteiger partial charge in [0.25, 0.3) is 5.91 Å². The minimum Gasteiger partial charge on any atom is -0.483 e. The first-order chi connectivity index (χ1) is 9.65. The highest BCUT2D eigenvalue weighted by molar-refractivity contribution is 7.11. The van der Waals surface area contributed by atoms with Crippen LogP contribution >= 0.6 is 11.3 Å². The highest BCUT2D eigenvalue weighted by Gasteiger charge is 2.04. The van der Waals surface area contributed by atoms with Gasteiger partial charge in [-0.15, -0.1) is 11.3 Å². The highest BCUT2D eigenvalue weighted by Crippen LogP contribution is 2.18. The molecule has 1 aromatic heterocycles. The van der Waals surface area contributed by atoms with E-state index in [1.54, 1.807) is 17.6 Å². The summed E-state index contributed by atoms with van der Waals surface area (Å²) in [5.41, 5.74) is 4.54. The molecule has 0 spiro atoms. The van der Waals surface area contributed by atoms with E-state index in [9.17, 15) is 4.79 Å². The molecule has 0 atom stereocenters. The molecule has 0 saturated carbocycles. The molecule has 104 valence electrons. The van der Waals surface area contributed by atoms with E-state index in [1.807, 2.05) is 49.6 Å². The molecule has 5 heteroatoms. The van der Waals surface area contributed by atoms with Gasteiger partial charge in [-0.25, -0.2) is 5.43 Å². The summed E-state index contributed by atoms with van der Waals surface area (Å²) >= 11 is 1.56. The van der Waals surface area contributed by atoms with E-state index >= 15 is 0 Å². The van der Waals surface area contributed by atoms with Crippen molar-refractivity contribution >= 4 is 23.5 Å². The van der Waals surface area contributed by atoms with Crippen LogP contribution in [0.4, 0.5) is 0 Å². The molecule has 1 aromatic carbocycles. The molecule has 0 aliphatic rings. The zero-order chi connectivity index (χ0) is 14.4. The van der Waals surface area contributed by atoms with Gasteiger partial charge in [0.2, 0.25) is 0 Å². The summed E-state index contributed by atoms with van der Waals surface area (Å²) in [7, 11) is 0. The molecule has 1 heterocycles. The van der Waals surface area contributed by atoms with Crippen molar-refractivity contribution < 1.29 is 9.53 Å². The largest absolute Gasteiger partial charge is 0.483 e. The first kappa shape index (κ1) is 14.3. The minimum absolute atomic E-state index is 0.0495. The first-order valence-electron chi connectivity index (χ1n) is 6.20. The third-order valence-corrected chi connectivity index (χ3v) is 3.43. The number of thiophene rings is 1. The minimum atomic E-state index is -0.279. The Morgan fingerprint density at radius 2 is 2.25 bits per heavy atom. The molecule has 0 unspecified atom stereocenters. The number of aryl methyl sites for hydroxylation is 2. The number of carbonyl (C=O) groups excluding carboxylic acids is 1. The van der Waals surface area contributed by atoms with Gasteiger partial charge in [-0.1, -0.05) is 18.2 Å². The maximum absolute atomic E-state index is 11.6. The Kier molecular flexibility index (Phi) is 4.90. The SMILES string of the molecule is Cc1ccc(C)c(OCC(=O)NN=Cc2cccs2)c1. The Bertz CT molecular complexity index is 606. The van der Waals surface area contributed by atoms with Crippen molar-refractivity contribution in [1.29, 1.82) is 0 Å². The molecule has 0 aliphatic carbocycles. The fourth-order valence-corrected chi connectivity index (χ4v) is 2.16. The van der Waals surface area contributed by atoms with Crippen molar-refractivity contribution in [2.24, 2.45) is 5.10 Å².